The number of ether oxygens (including phenoxy) is 2. The van der Waals surface area contributed by atoms with Gasteiger partial charge in [0.05, 0.1) is 19.0 Å². The highest BCUT2D eigenvalue weighted by molar-refractivity contribution is 9.09. The predicted molar refractivity (Wildman–Crippen MR) is 86.8 cm³/mol. The van der Waals surface area contributed by atoms with Gasteiger partial charge in [0.15, 0.2) is 0 Å². The van der Waals surface area contributed by atoms with Gasteiger partial charge in [-0.05, 0) is 23.8 Å². The van der Waals surface area contributed by atoms with Crippen molar-refractivity contribution < 1.29 is 9.47 Å². The molecule has 0 heterocycles. The van der Waals surface area contributed by atoms with E-state index in [-0.39, 0.29) is 4.83 Å². The van der Waals surface area contributed by atoms with Gasteiger partial charge in [-0.15, -0.1) is 0 Å². The molecule has 0 fully saturated rings. The molecule has 0 aliphatic heterocycles. The van der Waals surface area contributed by atoms with E-state index in [4.69, 9.17) is 32.7 Å². The van der Waals surface area contributed by atoms with Crippen molar-refractivity contribution in [3.05, 3.63) is 57.6 Å². The summed E-state index contributed by atoms with van der Waals surface area (Å²) in [6.45, 7) is 0. The Balaban J connectivity index is 2.46. The summed E-state index contributed by atoms with van der Waals surface area (Å²) in [4.78, 5) is -0.0434. The van der Waals surface area contributed by atoms with Crippen LogP contribution in [-0.2, 0) is 0 Å². The number of methoxy groups -OCH3 is 2. The molecule has 5 heteroatoms. The van der Waals surface area contributed by atoms with Crippen LogP contribution >= 0.6 is 39.1 Å². The second-order valence-corrected chi connectivity index (χ2v) is 5.85. The van der Waals surface area contributed by atoms with E-state index >= 15 is 0 Å². The summed E-state index contributed by atoms with van der Waals surface area (Å²) in [5, 5.41) is 1.17. The normalized spacial score (nSPS) is 12.1. The van der Waals surface area contributed by atoms with Gasteiger partial charge in [0.1, 0.15) is 16.5 Å². The second kappa shape index (κ2) is 6.70. The van der Waals surface area contributed by atoms with Crippen molar-refractivity contribution in [2.24, 2.45) is 0 Å². The van der Waals surface area contributed by atoms with Crippen molar-refractivity contribution in [1.29, 1.82) is 0 Å². The Bertz CT molecular complexity index is 600. The summed E-state index contributed by atoms with van der Waals surface area (Å²) in [6, 6.07) is 11.4. The lowest BCUT2D eigenvalue weighted by atomic mass is 10.0. The highest BCUT2D eigenvalue weighted by Gasteiger charge is 2.20. The van der Waals surface area contributed by atoms with E-state index in [0.29, 0.717) is 21.5 Å². The predicted octanol–water partition coefficient (Wildman–Crippen LogP) is 5.49. The van der Waals surface area contributed by atoms with E-state index in [9.17, 15) is 0 Å². The smallest absolute Gasteiger partial charge is 0.145 e. The third-order valence-corrected chi connectivity index (χ3v) is 4.58. The van der Waals surface area contributed by atoms with Crippen LogP contribution in [0.25, 0.3) is 0 Å². The Morgan fingerprint density at radius 1 is 0.950 bits per heavy atom. The molecule has 0 radical (unpaired) electrons. The molecule has 2 aromatic carbocycles. The molecule has 0 aliphatic carbocycles. The van der Waals surface area contributed by atoms with Crippen molar-refractivity contribution in [2.45, 2.75) is 4.83 Å². The van der Waals surface area contributed by atoms with Crippen LogP contribution in [-0.4, -0.2) is 14.2 Å². The number of hydrogen-bond acceptors (Lipinski definition) is 2. The summed E-state index contributed by atoms with van der Waals surface area (Å²) >= 11 is 15.9. The lowest BCUT2D eigenvalue weighted by Gasteiger charge is -2.17. The van der Waals surface area contributed by atoms with Gasteiger partial charge >= 0.3 is 0 Å². The summed E-state index contributed by atoms with van der Waals surface area (Å²) < 4.78 is 10.6. The zero-order valence-corrected chi connectivity index (χ0v) is 14.1. The monoisotopic (exact) mass is 374 g/mol. The molecule has 0 amide bonds. The maximum atomic E-state index is 6.28. The molecule has 1 atom stereocenters. The van der Waals surface area contributed by atoms with E-state index in [1.54, 1.807) is 14.2 Å². The van der Waals surface area contributed by atoms with Gasteiger partial charge in [-0.25, -0.2) is 0 Å². The van der Waals surface area contributed by atoms with E-state index < -0.39 is 0 Å². The van der Waals surface area contributed by atoms with Gasteiger partial charge in [-0.3, -0.25) is 0 Å². The molecule has 0 saturated heterocycles. The summed E-state index contributed by atoms with van der Waals surface area (Å²) in [7, 11) is 3.16. The number of alkyl halides is 1. The molecular formula is C15H13BrCl2O2. The maximum absolute atomic E-state index is 6.28. The van der Waals surface area contributed by atoms with E-state index in [1.165, 1.54) is 0 Å². The molecule has 0 aromatic heterocycles. The zero-order valence-electron chi connectivity index (χ0n) is 11.0. The first-order valence-electron chi connectivity index (χ1n) is 5.88. The number of rotatable bonds is 4. The molecule has 0 aliphatic rings. The SMILES string of the molecule is COc1ccc(C(Br)c2ccc(Cl)cc2)c(OC)c1Cl. The molecule has 0 spiro atoms. The second-order valence-electron chi connectivity index (χ2n) is 4.12. The Hall–Kier alpha value is -0.900. The Morgan fingerprint density at radius 2 is 1.60 bits per heavy atom. The van der Waals surface area contributed by atoms with E-state index in [1.807, 2.05) is 36.4 Å². The standard InChI is InChI=1S/C15H13BrCl2O2/c1-19-12-8-7-11(15(20-2)14(12)18)13(16)9-3-5-10(17)6-4-9/h3-8,13H,1-2H3. The van der Waals surface area contributed by atoms with Crippen LogP contribution in [0.3, 0.4) is 0 Å². The third kappa shape index (κ3) is 3.05. The lowest BCUT2D eigenvalue weighted by molar-refractivity contribution is 0.392. The first kappa shape index (κ1) is 15.5. The van der Waals surface area contributed by atoms with Crippen LogP contribution in [0.15, 0.2) is 36.4 Å². The fourth-order valence-electron chi connectivity index (χ4n) is 1.93. The molecule has 0 N–H and O–H groups in total. The van der Waals surface area contributed by atoms with E-state index in [0.717, 1.165) is 11.1 Å². The van der Waals surface area contributed by atoms with Gasteiger partial charge in [0.25, 0.3) is 0 Å². The lowest BCUT2D eigenvalue weighted by Crippen LogP contribution is -1.99. The molecular weight excluding hydrogens is 363 g/mol. The van der Waals surface area contributed by atoms with Gasteiger partial charge in [0, 0.05) is 10.6 Å². The Labute approximate surface area is 136 Å². The number of benzene rings is 2. The molecule has 20 heavy (non-hydrogen) atoms. The van der Waals surface area contributed by atoms with Crippen LogP contribution < -0.4 is 9.47 Å². The van der Waals surface area contributed by atoms with Crippen LogP contribution in [0.1, 0.15) is 16.0 Å². The van der Waals surface area contributed by atoms with Crippen LogP contribution in [0.2, 0.25) is 10.0 Å². The number of hydrogen-bond donors (Lipinski definition) is 0. The number of halogens is 3. The summed E-state index contributed by atoms with van der Waals surface area (Å²) in [6.07, 6.45) is 0. The van der Waals surface area contributed by atoms with Gasteiger partial charge in [-0.1, -0.05) is 57.3 Å². The topological polar surface area (TPSA) is 18.5 Å². The summed E-state index contributed by atoms with van der Waals surface area (Å²) in [5.74, 6) is 1.19. The van der Waals surface area contributed by atoms with Crippen LogP contribution in [0.4, 0.5) is 0 Å². The Kier molecular flexibility index (Phi) is 5.19. The largest absolute Gasteiger partial charge is 0.495 e. The third-order valence-electron chi connectivity index (χ3n) is 2.95. The minimum Gasteiger partial charge on any atom is -0.495 e. The highest BCUT2D eigenvalue weighted by Crippen LogP contribution is 2.44. The molecule has 2 rings (SSSR count). The van der Waals surface area contributed by atoms with Crippen molar-refractivity contribution in [3.63, 3.8) is 0 Å². The molecule has 106 valence electrons. The van der Waals surface area contributed by atoms with Gasteiger partial charge < -0.3 is 9.47 Å². The van der Waals surface area contributed by atoms with Crippen molar-refractivity contribution in [3.8, 4) is 11.5 Å². The van der Waals surface area contributed by atoms with E-state index in [2.05, 4.69) is 15.9 Å². The molecule has 2 nitrogen and oxygen atoms in total. The highest BCUT2D eigenvalue weighted by atomic mass is 79.9. The summed E-state index contributed by atoms with van der Waals surface area (Å²) in [5.41, 5.74) is 1.99. The fourth-order valence-corrected chi connectivity index (χ4v) is 3.05. The van der Waals surface area contributed by atoms with Gasteiger partial charge in [-0.2, -0.15) is 0 Å². The molecule has 0 bridgehead atoms. The Morgan fingerprint density at radius 3 is 2.15 bits per heavy atom. The minimum atomic E-state index is -0.0434. The minimum absolute atomic E-state index is 0.0434. The average Bonchev–Trinajstić information content (AvgIpc) is 2.47. The first-order chi connectivity index (χ1) is 9.58. The zero-order chi connectivity index (χ0) is 14.7. The fraction of sp³-hybridized carbons (Fsp3) is 0.200. The van der Waals surface area contributed by atoms with Crippen LogP contribution in [0.5, 0.6) is 11.5 Å². The molecule has 1 unspecified atom stereocenters. The quantitative estimate of drug-likeness (QED) is 0.657. The van der Waals surface area contributed by atoms with Crippen molar-refractivity contribution >= 4 is 39.1 Å². The average molecular weight is 376 g/mol. The first-order valence-corrected chi connectivity index (χ1v) is 7.55. The molecule has 2 aromatic rings. The van der Waals surface area contributed by atoms with Gasteiger partial charge in [0.2, 0.25) is 0 Å². The van der Waals surface area contributed by atoms with Crippen molar-refractivity contribution in [1.82, 2.24) is 0 Å². The van der Waals surface area contributed by atoms with Crippen molar-refractivity contribution in [2.75, 3.05) is 14.2 Å². The van der Waals surface area contributed by atoms with Crippen LogP contribution in [0, 0.1) is 0 Å². The maximum Gasteiger partial charge on any atom is 0.145 e. The molecule has 0 saturated carbocycles.